The maximum Gasteiger partial charge on any atom is 0.104 e. The van der Waals surface area contributed by atoms with Gasteiger partial charge in [0.05, 0.1) is 19.6 Å². The maximum atomic E-state index is 2.37. The normalized spacial score (nSPS) is 11.4. The molecular formula is C25H46ClN. The van der Waals surface area contributed by atoms with Crippen LogP contribution in [0, 0.1) is 0 Å². The number of nitrogens with zero attached hydrogens (tertiary/aromatic N) is 1. The Bertz CT molecular complexity index is 414. The second-order valence-electron chi connectivity index (χ2n) is 8.23. The van der Waals surface area contributed by atoms with Crippen LogP contribution >= 0.6 is 0 Å². The molecule has 2 heteroatoms. The Balaban J connectivity index is 0.00000676. The molecule has 0 aliphatic heterocycles. The summed E-state index contributed by atoms with van der Waals surface area (Å²) < 4.78 is 1.25. The molecule has 0 spiro atoms. The fraction of sp³-hybridized carbons (Fsp3) is 0.760. The van der Waals surface area contributed by atoms with Crippen LogP contribution in [0.25, 0.3) is 0 Å². The quantitative estimate of drug-likeness (QED) is 0.264. The van der Waals surface area contributed by atoms with E-state index in [1.54, 1.807) is 0 Å². The highest BCUT2D eigenvalue weighted by Crippen LogP contribution is 2.17. The molecule has 1 aromatic rings. The molecule has 1 nitrogen and oxygen atoms in total. The summed E-state index contributed by atoms with van der Waals surface area (Å²) >= 11 is 0. The zero-order valence-corrected chi connectivity index (χ0v) is 19.3. The lowest BCUT2D eigenvalue weighted by Gasteiger charge is -2.37. The fourth-order valence-corrected chi connectivity index (χ4v) is 4.10. The van der Waals surface area contributed by atoms with E-state index in [4.69, 9.17) is 0 Å². The van der Waals surface area contributed by atoms with Crippen molar-refractivity contribution in [1.82, 2.24) is 0 Å². The molecule has 0 heterocycles. The zero-order valence-electron chi connectivity index (χ0n) is 18.5. The lowest BCUT2D eigenvalue weighted by Crippen LogP contribution is -3.00. The molecule has 158 valence electrons. The van der Waals surface area contributed by atoms with Crippen LogP contribution < -0.4 is 12.4 Å². The van der Waals surface area contributed by atoms with Crippen LogP contribution in [-0.4, -0.2) is 24.1 Å². The van der Waals surface area contributed by atoms with Crippen molar-refractivity contribution in [2.24, 2.45) is 0 Å². The molecule has 0 saturated heterocycles. The largest absolute Gasteiger partial charge is 1.00 e. The van der Waals surface area contributed by atoms with Gasteiger partial charge in [0.15, 0.2) is 0 Å². The molecule has 0 aliphatic carbocycles. The van der Waals surface area contributed by atoms with Crippen LogP contribution in [0.15, 0.2) is 30.3 Å². The van der Waals surface area contributed by atoms with Gasteiger partial charge in [-0.2, -0.15) is 0 Å². The topological polar surface area (TPSA) is 0 Å². The van der Waals surface area contributed by atoms with Gasteiger partial charge in [-0.15, -0.1) is 0 Å². The van der Waals surface area contributed by atoms with Crippen molar-refractivity contribution in [2.45, 2.75) is 104 Å². The molecule has 0 radical (unpaired) electrons. The monoisotopic (exact) mass is 395 g/mol. The zero-order chi connectivity index (χ0) is 18.9. The first-order chi connectivity index (χ1) is 12.8. The van der Waals surface area contributed by atoms with E-state index < -0.39 is 0 Å². The van der Waals surface area contributed by atoms with E-state index in [0.717, 1.165) is 0 Å². The first kappa shape index (κ1) is 26.5. The summed E-state index contributed by atoms with van der Waals surface area (Å²) in [4.78, 5) is 0. The van der Waals surface area contributed by atoms with Crippen molar-refractivity contribution in [2.75, 3.05) is 19.6 Å². The molecule has 0 aromatic heterocycles. The average Bonchev–Trinajstić information content (AvgIpc) is 2.68. The Kier molecular flexibility index (Phi) is 17.2. The Morgan fingerprint density at radius 2 is 1.04 bits per heavy atom. The number of rotatable bonds is 17. The molecule has 0 atom stereocenters. The highest BCUT2D eigenvalue weighted by atomic mass is 35.5. The molecule has 0 saturated carbocycles. The van der Waals surface area contributed by atoms with Gasteiger partial charge in [0.1, 0.15) is 6.54 Å². The Labute approximate surface area is 176 Å². The molecule has 27 heavy (non-hydrogen) atoms. The first-order valence-electron chi connectivity index (χ1n) is 11.7. The van der Waals surface area contributed by atoms with Crippen molar-refractivity contribution < 1.29 is 16.9 Å². The van der Waals surface area contributed by atoms with Crippen molar-refractivity contribution >= 4 is 0 Å². The second kappa shape index (κ2) is 17.6. The van der Waals surface area contributed by atoms with Crippen LogP contribution in [0.1, 0.15) is 103 Å². The van der Waals surface area contributed by atoms with E-state index in [0.29, 0.717) is 0 Å². The third-order valence-electron chi connectivity index (χ3n) is 6.19. The predicted molar refractivity (Wildman–Crippen MR) is 117 cm³/mol. The van der Waals surface area contributed by atoms with Gasteiger partial charge < -0.3 is 16.9 Å². The summed E-state index contributed by atoms with van der Waals surface area (Å²) in [6.07, 6.45) is 17.3. The summed E-state index contributed by atoms with van der Waals surface area (Å²) in [5, 5.41) is 0. The average molecular weight is 396 g/mol. The Morgan fingerprint density at radius 1 is 0.593 bits per heavy atom. The number of quaternary nitrogens is 1. The van der Waals surface area contributed by atoms with Gasteiger partial charge in [0, 0.05) is 5.56 Å². The van der Waals surface area contributed by atoms with Crippen molar-refractivity contribution in [3.63, 3.8) is 0 Å². The highest BCUT2D eigenvalue weighted by molar-refractivity contribution is 5.13. The molecule has 0 fully saturated rings. The number of hydrogen-bond donors (Lipinski definition) is 0. The summed E-state index contributed by atoms with van der Waals surface area (Å²) in [6, 6.07) is 11.1. The van der Waals surface area contributed by atoms with Crippen LogP contribution in [0.2, 0.25) is 0 Å². The SMILES string of the molecule is CCCCCCCCCCCCCC[N+](CC)(CC)Cc1ccccc1.[Cl-]. The minimum absolute atomic E-state index is 0. The lowest BCUT2D eigenvalue weighted by molar-refractivity contribution is -0.938. The van der Waals surface area contributed by atoms with Gasteiger partial charge in [0.2, 0.25) is 0 Å². The fourth-order valence-electron chi connectivity index (χ4n) is 4.10. The minimum atomic E-state index is 0. The first-order valence-corrected chi connectivity index (χ1v) is 11.7. The Morgan fingerprint density at radius 3 is 1.48 bits per heavy atom. The molecule has 0 N–H and O–H groups in total. The molecule has 0 aliphatic rings. The predicted octanol–water partition coefficient (Wildman–Crippen LogP) is 4.75. The molecule has 0 bridgehead atoms. The third kappa shape index (κ3) is 12.5. The van der Waals surface area contributed by atoms with E-state index in [9.17, 15) is 0 Å². The number of hydrogen-bond acceptors (Lipinski definition) is 0. The van der Waals surface area contributed by atoms with Gasteiger partial charge in [-0.25, -0.2) is 0 Å². The van der Waals surface area contributed by atoms with Gasteiger partial charge in [-0.1, -0.05) is 101 Å². The van der Waals surface area contributed by atoms with Crippen LogP contribution in [0.4, 0.5) is 0 Å². The standard InChI is InChI=1S/C25H46N.ClH/c1-4-7-8-9-10-11-12-13-14-15-16-20-23-26(5-2,6-3)24-25-21-18-17-19-22-25;/h17-19,21-22H,4-16,20,23-24H2,1-3H3;1H/q+1;/p-1. The van der Waals surface area contributed by atoms with E-state index in [1.807, 2.05) is 0 Å². The molecule has 1 rings (SSSR count). The summed E-state index contributed by atoms with van der Waals surface area (Å²) in [7, 11) is 0. The number of benzene rings is 1. The Hall–Kier alpha value is -0.530. The number of halogens is 1. The van der Waals surface area contributed by atoms with Crippen molar-refractivity contribution in [1.29, 1.82) is 0 Å². The third-order valence-corrected chi connectivity index (χ3v) is 6.19. The highest BCUT2D eigenvalue weighted by Gasteiger charge is 2.22. The van der Waals surface area contributed by atoms with Crippen LogP contribution in [0.3, 0.4) is 0 Å². The summed E-state index contributed by atoms with van der Waals surface area (Å²) in [5.74, 6) is 0. The summed E-state index contributed by atoms with van der Waals surface area (Å²) in [6.45, 7) is 12.1. The van der Waals surface area contributed by atoms with E-state index in [-0.39, 0.29) is 12.4 Å². The molecule has 1 aromatic carbocycles. The second-order valence-corrected chi connectivity index (χ2v) is 8.23. The number of unbranched alkanes of at least 4 members (excludes halogenated alkanes) is 11. The molecule has 0 unspecified atom stereocenters. The van der Waals surface area contributed by atoms with E-state index in [1.165, 1.54) is 113 Å². The summed E-state index contributed by atoms with van der Waals surface area (Å²) in [5.41, 5.74) is 1.50. The van der Waals surface area contributed by atoms with Gasteiger partial charge >= 0.3 is 0 Å². The maximum absolute atomic E-state index is 2.37. The smallest absolute Gasteiger partial charge is 0.104 e. The lowest BCUT2D eigenvalue weighted by atomic mass is 10.0. The molecule has 0 amide bonds. The molecular weight excluding hydrogens is 350 g/mol. The van der Waals surface area contributed by atoms with Crippen molar-refractivity contribution in [3.05, 3.63) is 35.9 Å². The van der Waals surface area contributed by atoms with E-state index in [2.05, 4.69) is 51.1 Å². The van der Waals surface area contributed by atoms with Crippen molar-refractivity contribution in [3.8, 4) is 0 Å². The minimum Gasteiger partial charge on any atom is -1.00 e. The van der Waals surface area contributed by atoms with Gasteiger partial charge in [0.25, 0.3) is 0 Å². The van der Waals surface area contributed by atoms with Crippen LogP contribution in [-0.2, 0) is 6.54 Å². The van der Waals surface area contributed by atoms with E-state index >= 15 is 0 Å². The van der Waals surface area contributed by atoms with Crippen LogP contribution in [0.5, 0.6) is 0 Å². The van der Waals surface area contributed by atoms with Gasteiger partial charge in [-0.3, -0.25) is 0 Å². The van der Waals surface area contributed by atoms with Gasteiger partial charge in [-0.05, 0) is 26.7 Å².